The van der Waals surface area contributed by atoms with Crippen LogP contribution < -0.4 is 4.74 Å². The topological polar surface area (TPSA) is 35.5 Å². The van der Waals surface area contributed by atoms with Crippen LogP contribution in [0, 0.1) is 0 Å². The third-order valence-electron chi connectivity index (χ3n) is 2.07. The number of carbonyl (C=O) groups is 1. The van der Waals surface area contributed by atoms with Gasteiger partial charge in [0.2, 0.25) is 3.49 Å². The van der Waals surface area contributed by atoms with Crippen molar-refractivity contribution in [1.29, 1.82) is 0 Å². The van der Waals surface area contributed by atoms with Gasteiger partial charge in [0.25, 0.3) is 0 Å². The summed E-state index contributed by atoms with van der Waals surface area (Å²) in [6.45, 7) is 3.71. The van der Waals surface area contributed by atoms with Gasteiger partial charge in [0.05, 0.1) is 7.11 Å². The number of hydrogen-bond acceptors (Lipinski definition) is 3. The zero-order valence-electron chi connectivity index (χ0n) is 9.58. The van der Waals surface area contributed by atoms with Crippen LogP contribution in [0.3, 0.4) is 0 Å². The molecule has 0 aliphatic carbocycles. The van der Waals surface area contributed by atoms with E-state index in [0.29, 0.717) is 0 Å². The molecule has 0 N–H and O–H groups in total. The molecule has 0 fully saturated rings. The van der Waals surface area contributed by atoms with Gasteiger partial charge >= 0.3 is 5.97 Å². The van der Waals surface area contributed by atoms with Crippen LogP contribution >= 0.6 is 31.9 Å². The van der Waals surface area contributed by atoms with Crippen molar-refractivity contribution in [3.05, 3.63) is 42.0 Å². The summed E-state index contributed by atoms with van der Waals surface area (Å²) in [6, 6.07) is 4.31. The quantitative estimate of drug-likeness (QED) is 0.440. The minimum absolute atomic E-state index is 0.206. The van der Waals surface area contributed by atoms with Gasteiger partial charge in [-0.2, -0.15) is 0 Å². The van der Waals surface area contributed by atoms with Crippen molar-refractivity contribution in [1.82, 2.24) is 0 Å². The van der Waals surface area contributed by atoms with Crippen molar-refractivity contribution in [2.45, 2.75) is 3.49 Å². The molecule has 1 rings (SSSR count). The molecule has 1 aromatic rings. The molecule has 0 amide bonds. The molecule has 18 heavy (non-hydrogen) atoms. The summed E-state index contributed by atoms with van der Waals surface area (Å²) in [4.78, 5) is 11.5. The highest BCUT2D eigenvalue weighted by molar-refractivity contribution is 9.24. The highest BCUT2D eigenvalue weighted by Crippen LogP contribution is 2.41. The maximum absolute atomic E-state index is 13.7. The highest BCUT2D eigenvalue weighted by Gasteiger charge is 2.26. The summed E-state index contributed by atoms with van der Waals surface area (Å²) < 4.78 is 21.7. The molecule has 0 spiro atoms. The molecule has 1 aromatic carbocycles. The second kappa shape index (κ2) is 6.33. The Morgan fingerprint density at radius 2 is 2.22 bits per heavy atom. The van der Waals surface area contributed by atoms with Gasteiger partial charge in [-0.3, -0.25) is 0 Å². The van der Waals surface area contributed by atoms with Crippen molar-refractivity contribution in [2.24, 2.45) is 0 Å². The lowest BCUT2D eigenvalue weighted by atomic mass is 10.1. The van der Waals surface area contributed by atoms with E-state index in [1.54, 1.807) is 0 Å². The molecule has 3 nitrogen and oxygen atoms in total. The minimum Gasteiger partial charge on any atom is -0.489 e. The first-order valence-corrected chi connectivity index (χ1v) is 6.52. The smallest absolute Gasteiger partial charge is 0.341 e. The van der Waals surface area contributed by atoms with E-state index in [1.165, 1.54) is 31.4 Å². The van der Waals surface area contributed by atoms with Gasteiger partial charge in [0.1, 0.15) is 17.9 Å². The summed E-state index contributed by atoms with van der Waals surface area (Å²) in [5.74, 6) is -0.311. The summed E-state index contributed by atoms with van der Waals surface area (Å²) in [5, 5.41) is 0. The molecule has 98 valence electrons. The number of hydrogen-bond donors (Lipinski definition) is 0. The predicted octanol–water partition coefficient (Wildman–Crippen LogP) is 3.91. The van der Waals surface area contributed by atoms with E-state index in [4.69, 9.17) is 4.74 Å². The second-order valence-electron chi connectivity index (χ2n) is 3.30. The van der Waals surface area contributed by atoms with Gasteiger partial charge < -0.3 is 9.47 Å². The summed E-state index contributed by atoms with van der Waals surface area (Å²) in [5.41, 5.74) is 0.501. The van der Waals surface area contributed by atoms with Crippen LogP contribution in [-0.4, -0.2) is 19.7 Å². The summed E-state index contributed by atoms with van der Waals surface area (Å²) >= 11 is 5.65. The zero-order valence-corrected chi connectivity index (χ0v) is 12.8. The lowest BCUT2D eigenvalue weighted by Crippen LogP contribution is -2.08. The maximum Gasteiger partial charge on any atom is 0.341 e. The van der Waals surface area contributed by atoms with Crippen molar-refractivity contribution in [2.75, 3.05) is 13.7 Å². The fourth-order valence-electron chi connectivity index (χ4n) is 1.25. The number of esters is 1. The largest absolute Gasteiger partial charge is 0.489 e. The number of rotatable bonds is 5. The van der Waals surface area contributed by atoms with E-state index in [-0.39, 0.29) is 23.5 Å². The summed E-state index contributed by atoms with van der Waals surface area (Å²) in [6.07, 6.45) is 1.53. The molecular formula is C12H11Br2FO3. The molecule has 0 saturated heterocycles. The van der Waals surface area contributed by atoms with E-state index in [0.717, 1.165) is 0 Å². The molecule has 0 bridgehead atoms. The Bertz CT molecular complexity index is 455. The average molecular weight is 382 g/mol. The van der Waals surface area contributed by atoms with Crippen molar-refractivity contribution in [3.63, 3.8) is 0 Å². The standard InChI is InChI=1S/C12H11Br2FO3/c1-3-6-18-10-7-8(12(13,14)15)4-5-9(10)11(16)17-2/h3-5,7H,1,6H2,2H3. The number of benzene rings is 1. The molecule has 0 atom stereocenters. The van der Waals surface area contributed by atoms with Crippen molar-refractivity contribution in [3.8, 4) is 5.75 Å². The van der Waals surface area contributed by atoms with E-state index in [2.05, 4.69) is 43.2 Å². The van der Waals surface area contributed by atoms with Gasteiger partial charge in [0, 0.05) is 5.56 Å². The van der Waals surface area contributed by atoms with Gasteiger partial charge in [-0.05, 0) is 44.0 Å². The Labute approximate surface area is 121 Å². The van der Waals surface area contributed by atoms with Crippen LogP contribution in [0.2, 0.25) is 0 Å². The van der Waals surface area contributed by atoms with E-state index in [1.807, 2.05) is 0 Å². The molecule has 0 radical (unpaired) electrons. The number of alkyl halides is 3. The first-order valence-electron chi connectivity index (χ1n) is 4.93. The number of halogens is 3. The van der Waals surface area contributed by atoms with Crippen LogP contribution in [-0.2, 0) is 8.22 Å². The summed E-state index contributed by atoms with van der Waals surface area (Å²) in [7, 11) is 1.27. The first kappa shape index (κ1) is 15.2. The maximum atomic E-state index is 13.7. The highest BCUT2D eigenvalue weighted by atomic mass is 79.9. The molecule has 0 aliphatic rings. The van der Waals surface area contributed by atoms with Gasteiger partial charge in [-0.15, -0.1) is 0 Å². The first-order chi connectivity index (χ1) is 8.40. The lowest BCUT2D eigenvalue weighted by molar-refractivity contribution is 0.0596. The number of ether oxygens (including phenoxy) is 2. The third kappa shape index (κ3) is 3.81. The van der Waals surface area contributed by atoms with Crippen LogP contribution in [0.4, 0.5) is 4.39 Å². The van der Waals surface area contributed by atoms with E-state index >= 15 is 0 Å². The Hall–Kier alpha value is -0.880. The lowest BCUT2D eigenvalue weighted by Gasteiger charge is -2.14. The molecule has 6 heteroatoms. The van der Waals surface area contributed by atoms with Crippen molar-refractivity contribution >= 4 is 37.8 Å². The SMILES string of the molecule is C=CCOc1cc(C(F)(Br)Br)ccc1C(=O)OC. The van der Waals surface area contributed by atoms with Crippen LogP contribution in [0.15, 0.2) is 30.9 Å². The second-order valence-corrected chi connectivity index (χ2v) is 6.55. The zero-order chi connectivity index (χ0) is 13.8. The van der Waals surface area contributed by atoms with E-state index in [9.17, 15) is 9.18 Å². The Balaban J connectivity index is 3.20. The molecule has 0 aliphatic heterocycles. The third-order valence-corrected chi connectivity index (χ3v) is 2.99. The number of methoxy groups -OCH3 is 1. The molecule has 0 heterocycles. The molecule has 0 saturated carbocycles. The molecular weight excluding hydrogens is 371 g/mol. The van der Waals surface area contributed by atoms with Gasteiger partial charge in [-0.25, -0.2) is 9.18 Å². The van der Waals surface area contributed by atoms with Crippen LogP contribution in [0.1, 0.15) is 15.9 Å². The van der Waals surface area contributed by atoms with Crippen LogP contribution in [0.25, 0.3) is 0 Å². The van der Waals surface area contributed by atoms with Gasteiger partial charge in [-0.1, -0.05) is 18.7 Å². The van der Waals surface area contributed by atoms with E-state index < -0.39 is 9.46 Å². The average Bonchev–Trinajstić information content (AvgIpc) is 2.34. The molecule has 0 unspecified atom stereocenters. The Kier molecular flexibility index (Phi) is 5.34. The minimum atomic E-state index is -1.87. The Morgan fingerprint density at radius 1 is 1.56 bits per heavy atom. The fraction of sp³-hybridized carbons (Fsp3) is 0.250. The van der Waals surface area contributed by atoms with Gasteiger partial charge in [0.15, 0.2) is 0 Å². The monoisotopic (exact) mass is 380 g/mol. The van der Waals surface area contributed by atoms with Crippen molar-refractivity contribution < 1.29 is 18.7 Å². The normalized spacial score (nSPS) is 10.9. The Morgan fingerprint density at radius 3 is 2.72 bits per heavy atom. The fourth-order valence-corrected chi connectivity index (χ4v) is 1.74. The van der Waals surface area contributed by atoms with Crippen LogP contribution in [0.5, 0.6) is 5.75 Å². The predicted molar refractivity (Wildman–Crippen MR) is 74.1 cm³/mol. The number of carbonyl (C=O) groups excluding carboxylic acids is 1. The molecule has 0 aromatic heterocycles.